The Morgan fingerprint density at radius 1 is 1.10 bits per heavy atom. The molecule has 0 saturated carbocycles. The van der Waals surface area contributed by atoms with Gasteiger partial charge in [0.2, 0.25) is 0 Å². The van der Waals surface area contributed by atoms with Crippen LogP contribution >= 0.6 is 0 Å². The normalized spacial score (nSPS) is 10.5. The van der Waals surface area contributed by atoms with E-state index in [9.17, 15) is 9.90 Å². The lowest BCUT2D eigenvalue weighted by Gasteiger charge is -2.07. The second-order valence-corrected chi connectivity index (χ2v) is 4.63. The summed E-state index contributed by atoms with van der Waals surface area (Å²) in [4.78, 5) is 16.3. The van der Waals surface area contributed by atoms with Crippen LogP contribution in [0.2, 0.25) is 0 Å². The van der Waals surface area contributed by atoms with Crippen molar-refractivity contribution in [2.75, 3.05) is 0 Å². The number of carbonyl (C=O) groups excluding carboxylic acids is 1. The number of pyridine rings is 1. The van der Waals surface area contributed by atoms with Gasteiger partial charge in [0.05, 0.1) is 0 Å². The Morgan fingerprint density at radius 2 is 1.90 bits per heavy atom. The Balaban J connectivity index is 1.86. The molecule has 0 radical (unpaired) electrons. The molecule has 1 heterocycles. The van der Waals surface area contributed by atoms with E-state index in [1.807, 2.05) is 30.3 Å². The molecule has 0 unspecified atom stereocenters. The highest BCUT2D eigenvalue weighted by Gasteiger charge is 2.13. The number of aromatic nitrogens is 1. The number of fused-ring (bicyclic) bond motifs is 1. The maximum absolute atomic E-state index is 12.2. The Labute approximate surface area is 121 Å². The molecule has 0 aliphatic heterocycles. The van der Waals surface area contributed by atoms with Crippen LogP contribution < -0.4 is 0 Å². The van der Waals surface area contributed by atoms with Gasteiger partial charge in [0.25, 0.3) is 0 Å². The van der Waals surface area contributed by atoms with Gasteiger partial charge in [0.15, 0.2) is 5.69 Å². The fraction of sp³-hybridized carbons (Fsp3) is 0.0588. The van der Waals surface area contributed by atoms with Gasteiger partial charge >= 0.3 is 5.97 Å². The molecule has 3 rings (SSSR count). The van der Waals surface area contributed by atoms with E-state index in [-0.39, 0.29) is 18.1 Å². The molecule has 4 heteroatoms. The minimum Gasteiger partial charge on any atom is -0.508 e. The van der Waals surface area contributed by atoms with Crippen molar-refractivity contribution in [3.8, 4) is 5.75 Å². The summed E-state index contributed by atoms with van der Waals surface area (Å²) in [5, 5.41) is 11.0. The Morgan fingerprint density at radius 3 is 2.71 bits per heavy atom. The maximum Gasteiger partial charge on any atom is 0.357 e. The number of benzene rings is 2. The standard InChI is InChI=1S/C17H13NO3/c19-14-7-6-13-8-9-18-16(15(13)10-14)17(20)21-11-12-4-2-1-3-5-12/h1-10,19H,11H2. The van der Waals surface area contributed by atoms with Gasteiger partial charge in [-0.3, -0.25) is 0 Å². The van der Waals surface area contributed by atoms with Crippen molar-refractivity contribution >= 4 is 16.7 Å². The van der Waals surface area contributed by atoms with Crippen molar-refractivity contribution in [1.82, 2.24) is 4.98 Å². The van der Waals surface area contributed by atoms with Crippen LogP contribution in [-0.2, 0) is 11.3 Å². The van der Waals surface area contributed by atoms with Gasteiger partial charge in [-0.25, -0.2) is 9.78 Å². The van der Waals surface area contributed by atoms with Crippen molar-refractivity contribution in [2.24, 2.45) is 0 Å². The van der Waals surface area contributed by atoms with Crippen LogP contribution in [0.1, 0.15) is 16.1 Å². The van der Waals surface area contributed by atoms with Gasteiger partial charge in [-0.2, -0.15) is 0 Å². The molecule has 1 N–H and O–H groups in total. The number of nitrogens with zero attached hydrogens (tertiary/aromatic N) is 1. The molecule has 0 fully saturated rings. The number of carbonyl (C=O) groups is 1. The minimum atomic E-state index is -0.505. The van der Waals surface area contributed by atoms with Crippen molar-refractivity contribution in [1.29, 1.82) is 0 Å². The summed E-state index contributed by atoms with van der Waals surface area (Å²) in [6.07, 6.45) is 1.55. The summed E-state index contributed by atoms with van der Waals surface area (Å²) >= 11 is 0. The van der Waals surface area contributed by atoms with E-state index >= 15 is 0 Å². The third-order valence-electron chi connectivity index (χ3n) is 3.16. The average molecular weight is 279 g/mol. The van der Waals surface area contributed by atoms with Gasteiger partial charge in [-0.15, -0.1) is 0 Å². The first-order valence-electron chi connectivity index (χ1n) is 6.53. The molecule has 0 bridgehead atoms. The molecule has 1 aromatic heterocycles. The lowest BCUT2D eigenvalue weighted by Crippen LogP contribution is -2.08. The lowest BCUT2D eigenvalue weighted by molar-refractivity contribution is 0.0468. The Bertz CT molecular complexity index is 784. The van der Waals surface area contributed by atoms with Crippen LogP contribution in [0.3, 0.4) is 0 Å². The SMILES string of the molecule is O=C(OCc1ccccc1)c1nccc2ccc(O)cc12. The third-order valence-corrected chi connectivity index (χ3v) is 3.16. The largest absolute Gasteiger partial charge is 0.508 e. The molecule has 2 aromatic carbocycles. The lowest BCUT2D eigenvalue weighted by atomic mass is 10.1. The monoisotopic (exact) mass is 279 g/mol. The van der Waals surface area contributed by atoms with Crippen LogP contribution in [-0.4, -0.2) is 16.1 Å². The van der Waals surface area contributed by atoms with Crippen LogP contribution in [0.25, 0.3) is 10.8 Å². The topological polar surface area (TPSA) is 59.4 Å². The highest BCUT2D eigenvalue weighted by molar-refractivity contribution is 6.02. The number of hydrogen-bond acceptors (Lipinski definition) is 4. The molecule has 4 nitrogen and oxygen atoms in total. The smallest absolute Gasteiger partial charge is 0.357 e. The summed E-state index contributed by atoms with van der Waals surface area (Å²) < 4.78 is 5.28. The highest BCUT2D eigenvalue weighted by Crippen LogP contribution is 2.22. The quantitative estimate of drug-likeness (QED) is 0.747. The van der Waals surface area contributed by atoms with Crippen molar-refractivity contribution in [3.05, 3.63) is 72.1 Å². The summed E-state index contributed by atoms with van der Waals surface area (Å²) in [6, 6.07) is 16.0. The predicted octanol–water partition coefficient (Wildman–Crippen LogP) is 3.30. The van der Waals surface area contributed by atoms with E-state index < -0.39 is 5.97 Å². The molecular weight excluding hydrogens is 266 g/mol. The Hall–Kier alpha value is -2.88. The summed E-state index contributed by atoms with van der Waals surface area (Å²) in [7, 11) is 0. The maximum atomic E-state index is 12.2. The van der Waals surface area contributed by atoms with Gasteiger partial charge in [0, 0.05) is 11.6 Å². The van der Waals surface area contributed by atoms with Gasteiger partial charge < -0.3 is 9.84 Å². The van der Waals surface area contributed by atoms with Crippen LogP contribution in [0.4, 0.5) is 0 Å². The van der Waals surface area contributed by atoms with Crippen molar-refractivity contribution < 1.29 is 14.6 Å². The number of esters is 1. The molecular formula is C17H13NO3. The van der Waals surface area contributed by atoms with Gasteiger partial charge in [-0.05, 0) is 29.1 Å². The first kappa shape index (κ1) is 13.1. The zero-order valence-corrected chi connectivity index (χ0v) is 11.2. The molecule has 0 aliphatic rings. The van der Waals surface area contributed by atoms with Crippen molar-refractivity contribution in [2.45, 2.75) is 6.61 Å². The number of aromatic hydroxyl groups is 1. The first-order valence-corrected chi connectivity index (χ1v) is 6.53. The molecule has 21 heavy (non-hydrogen) atoms. The van der Waals surface area contributed by atoms with Gasteiger partial charge in [0.1, 0.15) is 12.4 Å². The zero-order chi connectivity index (χ0) is 14.7. The summed E-state index contributed by atoms with van der Waals surface area (Å²) in [6.45, 7) is 0.191. The molecule has 0 aliphatic carbocycles. The average Bonchev–Trinajstić information content (AvgIpc) is 2.53. The minimum absolute atomic E-state index is 0.0904. The van der Waals surface area contributed by atoms with Crippen molar-refractivity contribution in [3.63, 3.8) is 0 Å². The summed E-state index contributed by atoms with van der Waals surface area (Å²) in [5.74, 6) is -0.414. The van der Waals surface area contributed by atoms with E-state index in [2.05, 4.69) is 4.98 Å². The van der Waals surface area contributed by atoms with E-state index in [4.69, 9.17) is 4.74 Å². The fourth-order valence-corrected chi connectivity index (χ4v) is 2.11. The Kier molecular flexibility index (Phi) is 3.51. The fourth-order valence-electron chi connectivity index (χ4n) is 2.11. The third kappa shape index (κ3) is 2.84. The number of ether oxygens (including phenoxy) is 1. The molecule has 0 amide bonds. The van der Waals surface area contributed by atoms with E-state index in [0.717, 1.165) is 10.9 Å². The predicted molar refractivity (Wildman–Crippen MR) is 79.0 cm³/mol. The molecule has 0 atom stereocenters. The molecule has 3 aromatic rings. The number of rotatable bonds is 3. The molecule has 104 valence electrons. The first-order chi connectivity index (χ1) is 10.2. The molecule has 0 saturated heterocycles. The summed E-state index contributed by atoms with van der Waals surface area (Å²) in [5.41, 5.74) is 1.12. The number of hydrogen-bond donors (Lipinski definition) is 1. The van der Waals surface area contributed by atoms with Gasteiger partial charge in [-0.1, -0.05) is 36.4 Å². The number of phenols is 1. The highest BCUT2D eigenvalue weighted by atomic mass is 16.5. The van der Waals surface area contributed by atoms with Crippen LogP contribution in [0.5, 0.6) is 5.75 Å². The van der Waals surface area contributed by atoms with Crippen LogP contribution in [0.15, 0.2) is 60.8 Å². The second-order valence-electron chi connectivity index (χ2n) is 4.63. The van der Waals surface area contributed by atoms with E-state index in [1.54, 1.807) is 24.4 Å². The zero-order valence-electron chi connectivity index (χ0n) is 11.2. The molecule has 0 spiro atoms. The van der Waals surface area contributed by atoms with Crippen LogP contribution in [0, 0.1) is 0 Å². The second kappa shape index (κ2) is 5.63. The number of phenolic OH excluding ortho intramolecular Hbond substituents is 1. The van der Waals surface area contributed by atoms with E-state index in [0.29, 0.717) is 5.39 Å². The van der Waals surface area contributed by atoms with E-state index in [1.165, 1.54) is 6.07 Å².